The maximum absolute atomic E-state index is 13.3. The van der Waals surface area contributed by atoms with Crippen molar-refractivity contribution in [3.8, 4) is 5.75 Å². The van der Waals surface area contributed by atoms with Crippen LogP contribution in [0.25, 0.3) is 0 Å². The molecule has 32 heavy (non-hydrogen) atoms. The Morgan fingerprint density at radius 3 is 2.28 bits per heavy atom. The van der Waals surface area contributed by atoms with Crippen molar-refractivity contribution in [2.24, 2.45) is 0 Å². The third-order valence-corrected chi connectivity index (χ3v) is 5.23. The highest BCUT2D eigenvalue weighted by molar-refractivity contribution is 6.11. The molecule has 0 saturated heterocycles. The second-order valence-electron chi connectivity index (χ2n) is 7.57. The van der Waals surface area contributed by atoms with Crippen molar-refractivity contribution >= 4 is 17.5 Å². The lowest BCUT2D eigenvalue weighted by molar-refractivity contribution is 0.0954. The molecular formula is C27H30N2O3. The molecule has 5 heteroatoms. The van der Waals surface area contributed by atoms with Crippen molar-refractivity contribution in [3.05, 3.63) is 95.6 Å². The Balaban J connectivity index is 1.73. The molecule has 3 aromatic carbocycles. The van der Waals surface area contributed by atoms with Gasteiger partial charge in [-0.3, -0.25) is 9.59 Å². The van der Waals surface area contributed by atoms with Gasteiger partial charge < -0.3 is 15.0 Å². The monoisotopic (exact) mass is 430 g/mol. The zero-order chi connectivity index (χ0) is 22.8. The zero-order valence-electron chi connectivity index (χ0n) is 18.7. The first kappa shape index (κ1) is 23.1. The van der Waals surface area contributed by atoms with Crippen molar-refractivity contribution in [1.29, 1.82) is 0 Å². The highest BCUT2D eigenvalue weighted by Crippen LogP contribution is 2.25. The first-order valence-electron chi connectivity index (χ1n) is 11.0. The number of carbonyl (C=O) groups excluding carboxylic acids is 2. The number of rotatable bonds is 10. The van der Waals surface area contributed by atoms with Crippen LogP contribution in [-0.4, -0.2) is 32.0 Å². The van der Waals surface area contributed by atoms with Gasteiger partial charge in [-0.05, 0) is 42.7 Å². The number of hydrogen-bond acceptors (Lipinski definition) is 3. The molecule has 0 aliphatic heterocycles. The second kappa shape index (κ2) is 11.7. The van der Waals surface area contributed by atoms with Crippen LogP contribution in [-0.2, 0) is 6.42 Å². The van der Waals surface area contributed by atoms with Crippen molar-refractivity contribution in [3.63, 3.8) is 0 Å². The van der Waals surface area contributed by atoms with E-state index in [-0.39, 0.29) is 11.8 Å². The van der Waals surface area contributed by atoms with Gasteiger partial charge in [-0.15, -0.1) is 0 Å². The van der Waals surface area contributed by atoms with Gasteiger partial charge in [0.2, 0.25) is 0 Å². The number of unbranched alkanes of at least 4 members (excludes halogenated alkanes) is 1. The van der Waals surface area contributed by atoms with Gasteiger partial charge in [0.15, 0.2) is 0 Å². The Labute approximate surface area is 190 Å². The molecule has 0 unspecified atom stereocenters. The van der Waals surface area contributed by atoms with Crippen molar-refractivity contribution < 1.29 is 14.3 Å². The van der Waals surface area contributed by atoms with Crippen LogP contribution in [0, 0.1) is 0 Å². The molecule has 0 bridgehead atoms. The van der Waals surface area contributed by atoms with Gasteiger partial charge >= 0.3 is 0 Å². The van der Waals surface area contributed by atoms with E-state index >= 15 is 0 Å². The topological polar surface area (TPSA) is 58.6 Å². The fourth-order valence-electron chi connectivity index (χ4n) is 3.40. The minimum atomic E-state index is -0.221. The summed E-state index contributed by atoms with van der Waals surface area (Å²) in [6.45, 7) is 3.17. The lowest BCUT2D eigenvalue weighted by Gasteiger charge is -2.22. The smallest absolute Gasteiger partial charge is 0.261 e. The van der Waals surface area contributed by atoms with Crippen molar-refractivity contribution in [2.75, 3.05) is 25.1 Å². The van der Waals surface area contributed by atoms with Crippen LogP contribution in [0.4, 0.5) is 5.69 Å². The molecule has 0 atom stereocenters. The zero-order valence-corrected chi connectivity index (χ0v) is 18.7. The highest BCUT2D eigenvalue weighted by atomic mass is 16.5. The largest absolute Gasteiger partial charge is 0.493 e. The molecule has 3 aromatic rings. The fraction of sp³-hybridized carbons (Fsp3) is 0.259. The average Bonchev–Trinajstić information content (AvgIpc) is 2.84. The van der Waals surface area contributed by atoms with Crippen molar-refractivity contribution in [2.45, 2.75) is 26.2 Å². The van der Waals surface area contributed by atoms with E-state index in [1.54, 1.807) is 37.4 Å². The predicted octanol–water partition coefficient (Wildman–Crippen LogP) is 5.11. The van der Waals surface area contributed by atoms with Gasteiger partial charge in [0, 0.05) is 13.6 Å². The molecule has 2 amide bonds. The Morgan fingerprint density at radius 2 is 1.53 bits per heavy atom. The van der Waals surface area contributed by atoms with E-state index in [0.29, 0.717) is 35.7 Å². The Hall–Kier alpha value is -3.60. The van der Waals surface area contributed by atoms with Crippen LogP contribution in [0.5, 0.6) is 5.75 Å². The van der Waals surface area contributed by atoms with Crippen molar-refractivity contribution in [1.82, 2.24) is 5.32 Å². The van der Waals surface area contributed by atoms with Crippen LogP contribution in [0.15, 0.2) is 78.9 Å². The van der Waals surface area contributed by atoms with Crippen LogP contribution in [0.1, 0.15) is 46.0 Å². The standard InChI is InChI=1S/C27H30N2O3/c1-3-4-20-32-25-17-11-9-15-23(25)27(31)29(2)24-16-10-8-14-22(24)26(30)28-19-18-21-12-6-5-7-13-21/h5-17H,3-4,18-20H2,1-2H3,(H,28,30). The van der Waals surface area contributed by atoms with Crippen LogP contribution in [0.3, 0.4) is 0 Å². The molecule has 5 nitrogen and oxygen atoms in total. The predicted molar refractivity (Wildman–Crippen MR) is 128 cm³/mol. The molecule has 0 fully saturated rings. The molecule has 0 heterocycles. The molecule has 3 rings (SSSR count). The third-order valence-electron chi connectivity index (χ3n) is 5.23. The summed E-state index contributed by atoms with van der Waals surface area (Å²) in [5.74, 6) is 0.132. The van der Waals surface area contributed by atoms with Crippen LogP contribution >= 0.6 is 0 Å². The van der Waals surface area contributed by atoms with Gasteiger partial charge in [-0.2, -0.15) is 0 Å². The van der Waals surface area contributed by atoms with E-state index in [4.69, 9.17) is 4.74 Å². The van der Waals surface area contributed by atoms with E-state index in [0.717, 1.165) is 24.8 Å². The SMILES string of the molecule is CCCCOc1ccccc1C(=O)N(C)c1ccccc1C(=O)NCCc1ccccc1. The van der Waals surface area contributed by atoms with Gasteiger partial charge in [-0.25, -0.2) is 0 Å². The number of anilines is 1. The maximum Gasteiger partial charge on any atom is 0.261 e. The molecule has 0 aliphatic carbocycles. The number of nitrogens with zero attached hydrogens (tertiary/aromatic N) is 1. The second-order valence-corrected chi connectivity index (χ2v) is 7.57. The summed E-state index contributed by atoms with van der Waals surface area (Å²) < 4.78 is 5.83. The first-order valence-corrected chi connectivity index (χ1v) is 11.0. The van der Waals surface area contributed by atoms with Gasteiger partial charge in [-0.1, -0.05) is 67.9 Å². The quantitative estimate of drug-likeness (QED) is 0.455. The minimum Gasteiger partial charge on any atom is -0.493 e. The highest BCUT2D eigenvalue weighted by Gasteiger charge is 2.22. The van der Waals surface area contributed by atoms with E-state index in [1.165, 1.54) is 4.90 Å². The van der Waals surface area contributed by atoms with E-state index < -0.39 is 0 Å². The van der Waals surface area contributed by atoms with E-state index in [2.05, 4.69) is 12.2 Å². The maximum atomic E-state index is 13.3. The Morgan fingerprint density at radius 1 is 0.875 bits per heavy atom. The summed E-state index contributed by atoms with van der Waals surface area (Å²) in [6.07, 6.45) is 2.68. The lowest BCUT2D eigenvalue weighted by Crippen LogP contribution is -2.31. The molecular weight excluding hydrogens is 400 g/mol. The number of carbonyl (C=O) groups is 2. The summed E-state index contributed by atoms with van der Waals surface area (Å²) in [7, 11) is 1.68. The molecule has 166 valence electrons. The van der Waals surface area contributed by atoms with E-state index in [9.17, 15) is 9.59 Å². The molecule has 0 saturated carbocycles. The summed E-state index contributed by atoms with van der Waals surface area (Å²) in [4.78, 5) is 27.7. The van der Waals surface area contributed by atoms with Gasteiger partial charge in [0.25, 0.3) is 11.8 Å². The fourth-order valence-corrected chi connectivity index (χ4v) is 3.40. The normalized spacial score (nSPS) is 10.4. The number of benzene rings is 3. The number of amides is 2. The van der Waals surface area contributed by atoms with Gasteiger partial charge in [0.1, 0.15) is 5.75 Å². The minimum absolute atomic E-state index is 0.205. The lowest BCUT2D eigenvalue weighted by atomic mass is 10.1. The summed E-state index contributed by atoms with van der Waals surface area (Å²) in [5, 5.41) is 2.97. The summed E-state index contributed by atoms with van der Waals surface area (Å²) in [6, 6.07) is 24.4. The number of para-hydroxylation sites is 2. The van der Waals surface area contributed by atoms with E-state index in [1.807, 2.05) is 48.5 Å². The number of ether oxygens (including phenoxy) is 1. The third kappa shape index (κ3) is 5.97. The molecule has 0 spiro atoms. The molecule has 0 aromatic heterocycles. The molecule has 0 radical (unpaired) electrons. The Kier molecular flexibility index (Phi) is 8.44. The average molecular weight is 431 g/mol. The molecule has 0 aliphatic rings. The first-order chi connectivity index (χ1) is 15.6. The van der Waals surface area contributed by atoms with Crippen LogP contribution in [0.2, 0.25) is 0 Å². The molecule has 1 N–H and O–H groups in total. The summed E-state index contributed by atoms with van der Waals surface area (Å²) >= 11 is 0. The Bertz CT molecular complexity index is 1030. The number of nitrogens with one attached hydrogen (secondary N) is 1. The van der Waals surface area contributed by atoms with Crippen LogP contribution < -0.4 is 15.0 Å². The summed E-state index contributed by atoms with van der Waals surface area (Å²) in [5.41, 5.74) is 2.65. The number of hydrogen-bond donors (Lipinski definition) is 1. The van der Waals surface area contributed by atoms with Gasteiger partial charge in [0.05, 0.1) is 23.4 Å².